The van der Waals surface area contributed by atoms with Crippen LogP contribution in [0.25, 0.3) is 27.7 Å². The zero-order valence-corrected chi connectivity index (χ0v) is 26.6. The number of nitrogens with zero attached hydrogens (tertiary/aromatic N) is 7. The highest BCUT2D eigenvalue weighted by Gasteiger charge is 2.22. The lowest BCUT2D eigenvalue weighted by Crippen LogP contribution is -2.30. The topological polar surface area (TPSA) is 129 Å². The van der Waals surface area contributed by atoms with Crippen molar-refractivity contribution >= 4 is 28.2 Å². The van der Waals surface area contributed by atoms with E-state index < -0.39 is 17.3 Å². The van der Waals surface area contributed by atoms with Crippen LogP contribution in [-0.2, 0) is 41.7 Å². The van der Waals surface area contributed by atoms with Crippen LogP contribution in [0.1, 0.15) is 44.5 Å². The fourth-order valence-electron chi connectivity index (χ4n) is 5.60. The second kappa shape index (κ2) is 11.6. The first-order valence-corrected chi connectivity index (χ1v) is 14.9. The Morgan fingerprint density at radius 1 is 1.04 bits per heavy atom. The molecule has 3 aromatic heterocycles. The van der Waals surface area contributed by atoms with Gasteiger partial charge in [0.1, 0.15) is 18.1 Å². The number of aryl methyl sites for hydroxylation is 1. The number of aromatic nitrogens is 6. The Labute approximate surface area is 264 Å². The number of likely N-dealkylation sites (N-methyl/N-ethyl adjacent to an activating group) is 1. The van der Waals surface area contributed by atoms with Gasteiger partial charge in [0.25, 0.3) is 11.1 Å². The molecular weight excluding hydrogens is 591 g/mol. The summed E-state index contributed by atoms with van der Waals surface area (Å²) in [5, 5.41) is 16.9. The minimum atomic E-state index is -0.665. The Morgan fingerprint density at radius 3 is 2.57 bits per heavy atom. The lowest BCUT2D eigenvalue weighted by molar-refractivity contribution is -0.142. The molecule has 12 nitrogen and oxygen atoms in total. The smallest absolute Gasteiger partial charge is 0.302 e. The molecule has 2 aromatic carbocycles. The average molecular weight is 627 g/mol. The van der Waals surface area contributed by atoms with E-state index in [0.717, 1.165) is 35.6 Å². The van der Waals surface area contributed by atoms with Crippen molar-refractivity contribution in [2.24, 2.45) is 7.05 Å². The molecule has 4 heterocycles. The van der Waals surface area contributed by atoms with E-state index in [-0.39, 0.29) is 34.3 Å². The molecule has 0 saturated carbocycles. The number of halogens is 1. The van der Waals surface area contributed by atoms with Gasteiger partial charge in [0, 0.05) is 49.6 Å². The van der Waals surface area contributed by atoms with Crippen molar-refractivity contribution in [2.75, 3.05) is 18.9 Å². The summed E-state index contributed by atoms with van der Waals surface area (Å²) in [6.07, 6.45) is 1.45. The maximum absolute atomic E-state index is 15.5. The van der Waals surface area contributed by atoms with Crippen LogP contribution in [-0.4, -0.2) is 53.8 Å². The number of rotatable bonds is 6. The number of ether oxygens (including phenoxy) is 1. The standard InChI is InChI=1S/C33H35FN8O4/c1-19(43)46-18-24-23(26-15-27(31(44)40(6)37-26)36-29-14-22-17-39(5)10-11-41(22)38-29)8-7-9-28(24)42-32(45)30-20(16-35-42)12-21(13-25(30)34)33(2,3)4/h7-9,12-16H,10-11,17-18H2,1-6H3,(H,36,38). The normalized spacial score (nSPS) is 13.5. The maximum atomic E-state index is 15.5. The molecule has 238 valence electrons. The molecule has 1 aliphatic heterocycles. The summed E-state index contributed by atoms with van der Waals surface area (Å²) in [6.45, 7) is 9.29. The summed E-state index contributed by atoms with van der Waals surface area (Å²) < 4.78 is 25.1. The SMILES string of the molecule is CC(=O)OCc1c(-c2cc(Nc3cc4n(n3)CCN(C)C4)c(=O)n(C)n2)cccc1-n1ncc2cc(C(C)(C)C)cc(F)c2c1=O. The maximum Gasteiger partial charge on any atom is 0.302 e. The highest BCUT2D eigenvalue weighted by molar-refractivity contribution is 5.83. The van der Waals surface area contributed by atoms with Gasteiger partial charge in [-0.15, -0.1) is 0 Å². The summed E-state index contributed by atoms with van der Waals surface area (Å²) in [5.74, 6) is -0.660. The number of hydrogen-bond acceptors (Lipinski definition) is 9. The summed E-state index contributed by atoms with van der Waals surface area (Å²) in [4.78, 5) is 41.1. The van der Waals surface area contributed by atoms with Gasteiger partial charge in [0.05, 0.1) is 35.2 Å². The second-order valence-corrected chi connectivity index (χ2v) is 12.6. The van der Waals surface area contributed by atoms with Gasteiger partial charge in [0.15, 0.2) is 5.82 Å². The number of benzene rings is 2. The fraction of sp³-hybridized carbons (Fsp3) is 0.333. The first-order chi connectivity index (χ1) is 21.8. The van der Waals surface area contributed by atoms with Crippen LogP contribution in [0.3, 0.4) is 0 Å². The van der Waals surface area contributed by atoms with Crippen molar-refractivity contribution < 1.29 is 13.9 Å². The molecule has 0 spiro atoms. The van der Waals surface area contributed by atoms with Gasteiger partial charge < -0.3 is 10.1 Å². The number of fused-ring (bicyclic) bond motifs is 2. The summed E-state index contributed by atoms with van der Waals surface area (Å²) >= 11 is 0. The Bertz CT molecular complexity index is 2130. The lowest BCUT2D eigenvalue weighted by atomic mass is 9.86. The monoisotopic (exact) mass is 626 g/mol. The van der Waals surface area contributed by atoms with Crippen LogP contribution >= 0.6 is 0 Å². The molecule has 0 amide bonds. The van der Waals surface area contributed by atoms with E-state index in [4.69, 9.17) is 4.74 Å². The molecule has 6 rings (SSSR count). The van der Waals surface area contributed by atoms with Gasteiger partial charge >= 0.3 is 5.97 Å². The van der Waals surface area contributed by atoms with Gasteiger partial charge in [-0.3, -0.25) is 24.0 Å². The Kier molecular flexibility index (Phi) is 7.80. The zero-order chi connectivity index (χ0) is 32.9. The summed E-state index contributed by atoms with van der Waals surface area (Å²) in [6, 6.07) is 11.7. The fourth-order valence-corrected chi connectivity index (χ4v) is 5.60. The third kappa shape index (κ3) is 5.81. The Balaban J connectivity index is 1.48. The van der Waals surface area contributed by atoms with Crippen molar-refractivity contribution in [2.45, 2.75) is 52.8 Å². The number of anilines is 2. The van der Waals surface area contributed by atoms with Crippen molar-refractivity contribution in [3.8, 4) is 16.9 Å². The number of nitrogens with one attached hydrogen (secondary N) is 1. The molecule has 0 fully saturated rings. The number of carbonyl (C=O) groups excluding carboxylic acids is 1. The molecular formula is C33H35FN8O4. The Morgan fingerprint density at radius 2 is 1.83 bits per heavy atom. The molecule has 13 heteroatoms. The third-order valence-corrected chi connectivity index (χ3v) is 8.10. The van der Waals surface area contributed by atoms with Gasteiger partial charge in [-0.05, 0) is 42.3 Å². The van der Waals surface area contributed by atoms with Gasteiger partial charge in [0.2, 0.25) is 0 Å². The van der Waals surface area contributed by atoms with Crippen LogP contribution in [0.4, 0.5) is 15.9 Å². The second-order valence-electron chi connectivity index (χ2n) is 12.6. The highest BCUT2D eigenvalue weighted by atomic mass is 19.1. The molecule has 1 N–H and O–H groups in total. The van der Waals surface area contributed by atoms with Crippen LogP contribution in [0.2, 0.25) is 0 Å². The molecule has 0 saturated heterocycles. The summed E-state index contributed by atoms with van der Waals surface area (Å²) in [7, 11) is 3.57. The van der Waals surface area contributed by atoms with Gasteiger partial charge in [-0.1, -0.05) is 32.9 Å². The van der Waals surface area contributed by atoms with E-state index in [1.807, 2.05) is 38.6 Å². The molecule has 0 radical (unpaired) electrons. The molecule has 0 aliphatic carbocycles. The molecule has 5 aromatic rings. The molecule has 46 heavy (non-hydrogen) atoms. The van der Waals surface area contributed by atoms with E-state index in [0.29, 0.717) is 28.0 Å². The number of carbonyl (C=O) groups is 1. The van der Waals surface area contributed by atoms with E-state index in [1.54, 1.807) is 30.3 Å². The van der Waals surface area contributed by atoms with Crippen molar-refractivity contribution in [1.29, 1.82) is 0 Å². The van der Waals surface area contributed by atoms with E-state index >= 15 is 4.39 Å². The Hall–Kier alpha value is -5.17. The predicted octanol–water partition coefficient (Wildman–Crippen LogP) is 4.03. The third-order valence-electron chi connectivity index (χ3n) is 8.10. The number of hydrogen-bond donors (Lipinski definition) is 1. The number of esters is 1. The average Bonchev–Trinajstić information content (AvgIpc) is 3.39. The molecule has 1 aliphatic rings. The van der Waals surface area contributed by atoms with Crippen molar-refractivity contribution in [3.63, 3.8) is 0 Å². The highest BCUT2D eigenvalue weighted by Crippen LogP contribution is 2.31. The van der Waals surface area contributed by atoms with Crippen molar-refractivity contribution in [1.82, 2.24) is 34.2 Å². The van der Waals surface area contributed by atoms with Gasteiger partial charge in [-0.2, -0.15) is 20.0 Å². The van der Waals surface area contributed by atoms with Crippen molar-refractivity contribution in [3.05, 3.63) is 92.0 Å². The quantitative estimate of drug-likeness (QED) is 0.278. The first-order valence-electron chi connectivity index (χ1n) is 14.9. The van der Waals surface area contributed by atoms with E-state index in [9.17, 15) is 14.4 Å². The van der Waals surface area contributed by atoms with Gasteiger partial charge in [-0.25, -0.2) is 9.07 Å². The minimum Gasteiger partial charge on any atom is -0.461 e. The van der Waals surface area contributed by atoms with E-state index in [1.165, 1.54) is 30.9 Å². The van der Waals surface area contributed by atoms with Crippen LogP contribution < -0.4 is 16.4 Å². The van der Waals surface area contributed by atoms with Crippen LogP contribution in [0.5, 0.6) is 0 Å². The first kappa shape index (κ1) is 30.8. The largest absolute Gasteiger partial charge is 0.461 e. The van der Waals surface area contributed by atoms with Crippen LogP contribution in [0.15, 0.2) is 58.3 Å². The molecule has 0 unspecified atom stereocenters. The summed E-state index contributed by atoms with van der Waals surface area (Å²) in [5.41, 5.74) is 2.16. The minimum absolute atomic E-state index is 0.104. The van der Waals surface area contributed by atoms with E-state index in [2.05, 4.69) is 25.5 Å². The predicted molar refractivity (Wildman–Crippen MR) is 172 cm³/mol. The molecule has 0 bridgehead atoms. The van der Waals surface area contributed by atoms with Crippen LogP contribution in [0, 0.1) is 5.82 Å². The zero-order valence-electron chi connectivity index (χ0n) is 26.6. The molecule has 0 atom stereocenters. The lowest BCUT2D eigenvalue weighted by Gasteiger charge is -2.22.